The van der Waals surface area contributed by atoms with Crippen molar-refractivity contribution in [1.29, 1.82) is 0 Å². The van der Waals surface area contributed by atoms with Crippen LogP contribution in [0.5, 0.6) is 0 Å². The number of hydrogen-bond acceptors (Lipinski definition) is 5. The molecule has 0 atom stereocenters. The molecule has 1 heterocycles. The second kappa shape index (κ2) is 6.06. The number of benzene rings is 1. The Hall–Kier alpha value is -2.27. The summed E-state index contributed by atoms with van der Waals surface area (Å²) in [7, 11) is 0. The molecule has 0 fully saturated rings. The number of rotatable bonds is 3. The highest BCUT2D eigenvalue weighted by molar-refractivity contribution is 6.30. The van der Waals surface area contributed by atoms with E-state index in [1.807, 2.05) is 0 Å². The number of aromatic nitrogens is 2. The Labute approximate surface area is 114 Å². The van der Waals surface area contributed by atoms with Crippen molar-refractivity contribution >= 4 is 23.3 Å². The van der Waals surface area contributed by atoms with Crippen molar-refractivity contribution in [3.8, 4) is 0 Å². The van der Waals surface area contributed by atoms with Crippen LogP contribution >= 0.6 is 11.6 Å². The van der Waals surface area contributed by atoms with Gasteiger partial charge in [-0.2, -0.15) is 0 Å². The lowest BCUT2D eigenvalue weighted by molar-refractivity contribution is 0.0516. The lowest BCUT2D eigenvalue weighted by Crippen LogP contribution is -2.05. The summed E-state index contributed by atoms with van der Waals surface area (Å²) in [5.41, 5.74) is 1.39. The molecule has 0 aliphatic rings. The fourth-order valence-corrected chi connectivity index (χ4v) is 1.41. The molecule has 0 aliphatic heterocycles. The Morgan fingerprint density at radius 1 is 1.26 bits per heavy atom. The topological polar surface area (TPSA) is 64.4 Å². The quantitative estimate of drug-likeness (QED) is 0.491. The fourth-order valence-electron chi connectivity index (χ4n) is 1.28. The van der Waals surface area contributed by atoms with Crippen LogP contribution in [0.15, 0.2) is 48.0 Å². The third kappa shape index (κ3) is 3.59. The van der Waals surface area contributed by atoms with Gasteiger partial charge in [-0.05, 0) is 31.2 Å². The van der Waals surface area contributed by atoms with Crippen LogP contribution in [-0.4, -0.2) is 21.6 Å². The van der Waals surface area contributed by atoms with Crippen LogP contribution in [0.1, 0.15) is 23.0 Å². The van der Waals surface area contributed by atoms with Crippen molar-refractivity contribution in [2.24, 2.45) is 5.16 Å². The molecule has 0 spiro atoms. The van der Waals surface area contributed by atoms with Gasteiger partial charge in [-0.1, -0.05) is 16.8 Å². The van der Waals surface area contributed by atoms with E-state index in [1.54, 1.807) is 37.4 Å². The standard InChI is InChI=1S/C13H10ClN3O2/c1-9(12-8-15-6-7-16-12)17-19-13(18)10-2-4-11(14)5-3-10/h2-8H,1H3/b17-9-. The zero-order valence-corrected chi connectivity index (χ0v) is 10.8. The Morgan fingerprint density at radius 3 is 2.63 bits per heavy atom. The molecule has 19 heavy (non-hydrogen) atoms. The molecule has 0 unspecified atom stereocenters. The van der Waals surface area contributed by atoms with Crippen LogP contribution in [0.2, 0.25) is 5.02 Å². The molecule has 6 heteroatoms. The van der Waals surface area contributed by atoms with Crippen LogP contribution in [0.25, 0.3) is 0 Å². The number of oxime groups is 1. The van der Waals surface area contributed by atoms with E-state index >= 15 is 0 Å². The first kappa shape index (κ1) is 13.2. The van der Waals surface area contributed by atoms with Crippen molar-refractivity contribution in [3.05, 3.63) is 59.1 Å². The molecule has 2 rings (SSSR count). The summed E-state index contributed by atoms with van der Waals surface area (Å²) in [6, 6.07) is 6.35. The molecule has 1 aromatic heterocycles. The molecule has 1 aromatic carbocycles. The van der Waals surface area contributed by atoms with Crippen molar-refractivity contribution < 1.29 is 9.63 Å². The molecule has 0 radical (unpaired) electrons. The molecule has 2 aromatic rings. The molecule has 0 saturated carbocycles. The average molecular weight is 276 g/mol. The number of halogens is 1. The van der Waals surface area contributed by atoms with Gasteiger partial charge in [-0.15, -0.1) is 0 Å². The smallest absolute Gasteiger partial charge is 0.312 e. The van der Waals surface area contributed by atoms with Gasteiger partial charge in [-0.3, -0.25) is 9.97 Å². The number of nitrogens with zero attached hydrogens (tertiary/aromatic N) is 3. The van der Waals surface area contributed by atoms with Crippen molar-refractivity contribution in [1.82, 2.24) is 9.97 Å². The van der Waals surface area contributed by atoms with Gasteiger partial charge in [0.25, 0.3) is 0 Å². The summed E-state index contributed by atoms with van der Waals surface area (Å²) >= 11 is 5.73. The Balaban J connectivity index is 2.06. The van der Waals surface area contributed by atoms with Crippen LogP contribution < -0.4 is 0 Å². The Bertz CT molecular complexity index is 597. The molecule has 96 valence electrons. The summed E-state index contributed by atoms with van der Waals surface area (Å²) in [5, 5.41) is 4.28. The molecule has 5 nitrogen and oxygen atoms in total. The van der Waals surface area contributed by atoms with Gasteiger partial charge >= 0.3 is 5.97 Å². The molecular formula is C13H10ClN3O2. The van der Waals surface area contributed by atoms with Gasteiger partial charge in [0, 0.05) is 17.4 Å². The highest BCUT2D eigenvalue weighted by Gasteiger charge is 2.07. The summed E-state index contributed by atoms with van der Waals surface area (Å²) < 4.78 is 0. The largest absolute Gasteiger partial charge is 0.365 e. The summed E-state index contributed by atoms with van der Waals surface area (Å²) in [6.07, 6.45) is 4.63. The van der Waals surface area contributed by atoms with Gasteiger partial charge < -0.3 is 4.84 Å². The second-order valence-electron chi connectivity index (χ2n) is 3.65. The van der Waals surface area contributed by atoms with E-state index in [0.29, 0.717) is 22.0 Å². The molecule has 0 aliphatic carbocycles. The first-order valence-corrected chi connectivity index (χ1v) is 5.82. The minimum absolute atomic E-state index is 0.375. The fraction of sp³-hybridized carbons (Fsp3) is 0.0769. The molecule has 0 N–H and O–H groups in total. The summed E-state index contributed by atoms with van der Waals surface area (Å²) in [6.45, 7) is 1.68. The van der Waals surface area contributed by atoms with Crippen molar-refractivity contribution in [2.45, 2.75) is 6.92 Å². The zero-order valence-electron chi connectivity index (χ0n) is 10.1. The monoisotopic (exact) mass is 275 g/mol. The number of carbonyl (C=O) groups is 1. The van der Waals surface area contributed by atoms with E-state index in [9.17, 15) is 4.79 Å². The number of carbonyl (C=O) groups excluding carboxylic acids is 1. The van der Waals surface area contributed by atoms with E-state index in [0.717, 1.165) is 0 Å². The van der Waals surface area contributed by atoms with Gasteiger partial charge in [0.2, 0.25) is 0 Å². The van der Waals surface area contributed by atoms with E-state index < -0.39 is 5.97 Å². The third-order valence-electron chi connectivity index (χ3n) is 2.28. The van der Waals surface area contributed by atoms with Gasteiger partial charge in [-0.25, -0.2) is 4.79 Å². The number of hydrogen-bond donors (Lipinski definition) is 0. The second-order valence-corrected chi connectivity index (χ2v) is 4.09. The zero-order chi connectivity index (χ0) is 13.7. The normalized spacial score (nSPS) is 11.2. The highest BCUT2D eigenvalue weighted by Crippen LogP contribution is 2.10. The predicted octanol–water partition coefficient (Wildman–Crippen LogP) is 2.71. The first-order chi connectivity index (χ1) is 9.16. The minimum atomic E-state index is -0.556. The van der Waals surface area contributed by atoms with E-state index in [2.05, 4.69) is 15.1 Å². The summed E-state index contributed by atoms with van der Waals surface area (Å²) in [5.74, 6) is -0.556. The van der Waals surface area contributed by atoms with Gasteiger partial charge in [0.05, 0.1) is 11.8 Å². The molecule has 0 saturated heterocycles. The van der Waals surface area contributed by atoms with Crippen LogP contribution in [-0.2, 0) is 4.84 Å². The predicted molar refractivity (Wildman–Crippen MR) is 71.1 cm³/mol. The van der Waals surface area contributed by atoms with Crippen molar-refractivity contribution in [2.75, 3.05) is 0 Å². The first-order valence-electron chi connectivity index (χ1n) is 5.44. The molecular weight excluding hydrogens is 266 g/mol. The SMILES string of the molecule is C/C(=N/OC(=O)c1ccc(Cl)cc1)c1cnccn1. The summed E-state index contributed by atoms with van der Waals surface area (Å²) in [4.78, 5) is 24.4. The Morgan fingerprint density at radius 2 is 2.00 bits per heavy atom. The Kier molecular flexibility index (Phi) is 4.20. The third-order valence-corrected chi connectivity index (χ3v) is 2.53. The van der Waals surface area contributed by atoms with Crippen LogP contribution in [0, 0.1) is 0 Å². The van der Waals surface area contributed by atoms with Gasteiger partial charge in [0.1, 0.15) is 11.4 Å². The highest BCUT2D eigenvalue weighted by atomic mass is 35.5. The maximum absolute atomic E-state index is 11.7. The maximum Gasteiger partial charge on any atom is 0.365 e. The minimum Gasteiger partial charge on any atom is -0.312 e. The van der Waals surface area contributed by atoms with E-state index in [4.69, 9.17) is 16.4 Å². The maximum atomic E-state index is 11.7. The molecule has 0 amide bonds. The van der Waals surface area contributed by atoms with Crippen LogP contribution in [0.4, 0.5) is 0 Å². The molecule has 0 bridgehead atoms. The van der Waals surface area contributed by atoms with Crippen LogP contribution in [0.3, 0.4) is 0 Å². The average Bonchev–Trinajstić information content (AvgIpc) is 2.46. The van der Waals surface area contributed by atoms with E-state index in [-0.39, 0.29) is 0 Å². The lowest BCUT2D eigenvalue weighted by atomic mass is 10.2. The van der Waals surface area contributed by atoms with Gasteiger partial charge in [0.15, 0.2) is 0 Å². The van der Waals surface area contributed by atoms with E-state index in [1.165, 1.54) is 12.4 Å². The van der Waals surface area contributed by atoms with Crippen molar-refractivity contribution in [3.63, 3.8) is 0 Å². The lowest BCUT2D eigenvalue weighted by Gasteiger charge is -2.00.